The van der Waals surface area contributed by atoms with Crippen LogP contribution >= 0.6 is 11.3 Å². The summed E-state index contributed by atoms with van der Waals surface area (Å²) in [5.41, 5.74) is 0.0430. The molecular weight excluding hydrogens is 292 g/mol. The number of aromatic nitrogens is 3. The number of anilines is 1. The van der Waals surface area contributed by atoms with Crippen molar-refractivity contribution in [2.45, 2.75) is 32.9 Å². The Bertz CT molecular complexity index is 629. The van der Waals surface area contributed by atoms with Gasteiger partial charge in [-0.2, -0.15) is 4.98 Å². The highest BCUT2D eigenvalue weighted by molar-refractivity contribution is 7.09. The second kappa shape index (κ2) is 6.49. The molecule has 2 aromatic heterocycles. The molecule has 0 amide bonds. The van der Waals surface area contributed by atoms with Crippen molar-refractivity contribution in [3.05, 3.63) is 28.3 Å². The summed E-state index contributed by atoms with van der Waals surface area (Å²) in [6.07, 6.45) is 1.63. The molecule has 0 aliphatic heterocycles. The van der Waals surface area contributed by atoms with Crippen molar-refractivity contribution in [3.8, 4) is 5.88 Å². The van der Waals surface area contributed by atoms with Gasteiger partial charge in [-0.3, -0.25) is 0 Å². The molecule has 0 saturated heterocycles. The quantitative estimate of drug-likeness (QED) is 0.846. The minimum absolute atomic E-state index is 0.0299. The Morgan fingerprint density at radius 2 is 2.14 bits per heavy atom. The van der Waals surface area contributed by atoms with Gasteiger partial charge in [0, 0.05) is 17.6 Å². The smallest absolute Gasteiger partial charge is 0.355 e. The van der Waals surface area contributed by atoms with Gasteiger partial charge in [0.2, 0.25) is 11.8 Å². The summed E-state index contributed by atoms with van der Waals surface area (Å²) in [6.45, 7) is 5.70. The highest BCUT2D eigenvalue weighted by Crippen LogP contribution is 2.21. The van der Waals surface area contributed by atoms with E-state index in [9.17, 15) is 4.79 Å². The van der Waals surface area contributed by atoms with E-state index in [2.05, 4.69) is 20.3 Å². The number of carbonyl (C=O) groups is 1. The highest BCUT2D eigenvalue weighted by Gasteiger charge is 2.15. The number of carboxylic acids is 1. The van der Waals surface area contributed by atoms with Crippen LogP contribution in [0.3, 0.4) is 0 Å². The normalized spacial score (nSPS) is 12.2. The van der Waals surface area contributed by atoms with Crippen LogP contribution in [0.2, 0.25) is 0 Å². The van der Waals surface area contributed by atoms with Crippen LogP contribution in [0.25, 0.3) is 0 Å². The number of rotatable bonds is 6. The SMILES string of the molecule is CC(C)Oc1ccnc(NC(C)c2nc(C(=O)O)cs2)n1. The van der Waals surface area contributed by atoms with Crippen molar-refractivity contribution >= 4 is 23.3 Å². The monoisotopic (exact) mass is 308 g/mol. The molecule has 0 aromatic carbocycles. The van der Waals surface area contributed by atoms with Gasteiger partial charge in [-0.15, -0.1) is 11.3 Å². The molecule has 112 valence electrons. The van der Waals surface area contributed by atoms with E-state index in [0.29, 0.717) is 16.8 Å². The molecule has 0 bridgehead atoms. The van der Waals surface area contributed by atoms with Crippen LogP contribution in [-0.2, 0) is 0 Å². The van der Waals surface area contributed by atoms with Gasteiger partial charge in [0.15, 0.2) is 5.69 Å². The molecule has 2 N–H and O–H groups in total. The molecule has 0 radical (unpaired) electrons. The van der Waals surface area contributed by atoms with E-state index in [4.69, 9.17) is 9.84 Å². The van der Waals surface area contributed by atoms with Crippen LogP contribution in [0.15, 0.2) is 17.6 Å². The Hall–Kier alpha value is -2.22. The molecule has 8 heteroatoms. The van der Waals surface area contributed by atoms with Gasteiger partial charge in [0.1, 0.15) is 5.01 Å². The van der Waals surface area contributed by atoms with Crippen molar-refractivity contribution in [2.75, 3.05) is 5.32 Å². The van der Waals surface area contributed by atoms with E-state index < -0.39 is 5.97 Å². The zero-order valence-corrected chi connectivity index (χ0v) is 12.7. The zero-order chi connectivity index (χ0) is 15.4. The Kier molecular flexibility index (Phi) is 4.69. The first-order valence-electron chi connectivity index (χ1n) is 6.40. The van der Waals surface area contributed by atoms with Gasteiger partial charge in [0.25, 0.3) is 0 Å². The molecule has 21 heavy (non-hydrogen) atoms. The van der Waals surface area contributed by atoms with Crippen LogP contribution in [0.4, 0.5) is 5.95 Å². The van der Waals surface area contributed by atoms with E-state index in [1.807, 2.05) is 20.8 Å². The number of hydrogen-bond donors (Lipinski definition) is 2. The van der Waals surface area contributed by atoms with Crippen LogP contribution in [0.5, 0.6) is 5.88 Å². The molecule has 0 aliphatic rings. The lowest BCUT2D eigenvalue weighted by Gasteiger charge is -2.13. The molecular formula is C13H16N4O3S. The summed E-state index contributed by atoms with van der Waals surface area (Å²) in [4.78, 5) is 23.2. The maximum Gasteiger partial charge on any atom is 0.355 e. The maximum absolute atomic E-state index is 10.8. The maximum atomic E-state index is 10.8. The van der Waals surface area contributed by atoms with E-state index in [0.717, 1.165) is 0 Å². The fourth-order valence-electron chi connectivity index (χ4n) is 1.56. The minimum atomic E-state index is -1.03. The van der Waals surface area contributed by atoms with E-state index >= 15 is 0 Å². The summed E-state index contributed by atoms with van der Waals surface area (Å²) in [5, 5.41) is 14.1. The Labute approximate surface area is 126 Å². The third-order valence-electron chi connectivity index (χ3n) is 2.44. The van der Waals surface area contributed by atoms with Crippen molar-refractivity contribution in [2.24, 2.45) is 0 Å². The van der Waals surface area contributed by atoms with Crippen molar-refractivity contribution in [1.29, 1.82) is 0 Å². The second-order valence-electron chi connectivity index (χ2n) is 4.63. The van der Waals surface area contributed by atoms with Crippen LogP contribution in [0, 0.1) is 0 Å². The molecule has 2 rings (SSSR count). The van der Waals surface area contributed by atoms with E-state index in [1.54, 1.807) is 12.3 Å². The number of ether oxygens (including phenoxy) is 1. The Morgan fingerprint density at radius 1 is 1.38 bits per heavy atom. The minimum Gasteiger partial charge on any atom is -0.476 e. The molecule has 2 heterocycles. The molecule has 0 spiro atoms. The molecule has 1 unspecified atom stereocenters. The van der Waals surface area contributed by atoms with Gasteiger partial charge in [-0.25, -0.2) is 14.8 Å². The average molecular weight is 308 g/mol. The molecule has 1 atom stereocenters. The number of hydrogen-bond acceptors (Lipinski definition) is 7. The lowest BCUT2D eigenvalue weighted by molar-refractivity contribution is 0.0691. The largest absolute Gasteiger partial charge is 0.476 e. The summed E-state index contributed by atoms with van der Waals surface area (Å²) in [6, 6.07) is 1.49. The lowest BCUT2D eigenvalue weighted by atomic mass is 10.3. The van der Waals surface area contributed by atoms with Gasteiger partial charge < -0.3 is 15.2 Å². The van der Waals surface area contributed by atoms with Gasteiger partial charge in [0.05, 0.1) is 12.1 Å². The van der Waals surface area contributed by atoms with Gasteiger partial charge in [-0.1, -0.05) is 0 Å². The molecule has 0 aliphatic carbocycles. The summed E-state index contributed by atoms with van der Waals surface area (Å²) >= 11 is 1.28. The summed E-state index contributed by atoms with van der Waals surface area (Å²) in [5.74, 6) is -0.138. The predicted molar refractivity (Wildman–Crippen MR) is 78.9 cm³/mol. The molecule has 2 aromatic rings. The molecule has 7 nitrogen and oxygen atoms in total. The standard InChI is InChI=1S/C13H16N4O3S/c1-7(2)20-10-4-5-14-13(17-10)15-8(3)11-16-9(6-21-11)12(18)19/h4-8H,1-3H3,(H,18,19)(H,14,15,17). The lowest BCUT2D eigenvalue weighted by Crippen LogP contribution is -2.12. The highest BCUT2D eigenvalue weighted by atomic mass is 32.1. The first-order chi connectivity index (χ1) is 9.95. The zero-order valence-electron chi connectivity index (χ0n) is 11.9. The number of nitrogens with zero attached hydrogens (tertiary/aromatic N) is 3. The van der Waals surface area contributed by atoms with Gasteiger partial charge >= 0.3 is 5.97 Å². The molecule has 0 fully saturated rings. The van der Waals surface area contributed by atoms with Crippen LogP contribution in [-0.4, -0.2) is 32.1 Å². The van der Waals surface area contributed by atoms with Crippen LogP contribution in [0.1, 0.15) is 42.3 Å². The number of thiazole rings is 1. The fraction of sp³-hybridized carbons (Fsp3) is 0.385. The van der Waals surface area contributed by atoms with E-state index in [1.165, 1.54) is 16.7 Å². The third-order valence-corrected chi connectivity index (χ3v) is 3.47. The number of carboxylic acid groups (broad SMARTS) is 1. The summed E-state index contributed by atoms with van der Waals surface area (Å²) < 4.78 is 5.50. The third kappa shape index (κ3) is 4.12. The Morgan fingerprint density at radius 3 is 2.76 bits per heavy atom. The topological polar surface area (TPSA) is 97.2 Å². The first-order valence-corrected chi connectivity index (χ1v) is 7.28. The number of aromatic carboxylic acids is 1. The van der Waals surface area contributed by atoms with Crippen molar-refractivity contribution < 1.29 is 14.6 Å². The fourth-order valence-corrected chi connectivity index (χ4v) is 2.36. The Balaban J connectivity index is 2.07. The van der Waals surface area contributed by atoms with Crippen molar-refractivity contribution in [1.82, 2.24) is 15.0 Å². The van der Waals surface area contributed by atoms with Crippen molar-refractivity contribution in [3.63, 3.8) is 0 Å². The number of nitrogens with one attached hydrogen (secondary N) is 1. The average Bonchev–Trinajstić information content (AvgIpc) is 2.88. The van der Waals surface area contributed by atoms with Gasteiger partial charge in [-0.05, 0) is 20.8 Å². The second-order valence-corrected chi connectivity index (χ2v) is 5.52. The summed E-state index contributed by atoms with van der Waals surface area (Å²) in [7, 11) is 0. The first kappa shape index (κ1) is 15.2. The predicted octanol–water partition coefficient (Wildman–Crippen LogP) is 2.59. The van der Waals surface area contributed by atoms with Crippen LogP contribution < -0.4 is 10.1 Å². The van der Waals surface area contributed by atoms with E-state index in [-0.39, 0.29) is 17.8 Å². The molecule has 0 saturated carbocycles.